The summed E-state index contributed by atoms with van der Waals surface area (Å²) in [6.07, 6.45) is 1.59. The molecule has 1 N–H and O–H groups in total. The van der Waals surface area contributed by atoms with Crippen molar-refractivity contribution < 1.29 is 24.2 Å². The maximum atomic E-state index is 13.4. The van der Waals surface area contributed by atoms with E-state index in [1.54, 1.807) is 66.9 Å². The van der Waals surface area contributed by atoms with Gasteiger partial charge in [-0.2, -0.15) is 0 Å². The Labute approximate surface area is 220 Å². The number of hydrogen-bond donors (Lipinski definition) is 1. The first-order valence-electron chi connectivity index (χ1n) is 12.1. The Morgan fingerprint density at radius 3 is 2.45 bits per heavy atom. The number of amides is 1. The number of aryl methyl sites for hydroxylation is 1. The summed E-state index contributed by atoms with van der Waals surface area (Å²) in [6.45, 7) is 2.26. The second-order valence-electron chi connectivity index (χ2n) is 8.88. The van der Waals surface area contributed by atoms with Gasteiger partial charge in [0.15, 0.2) is 0 Å². The van der Waals surface area contributed by atoms with E-state index in [1.165, 1.54) is 12.0 Å². The van der Waals surface area contributed by atoms with Crippen LogP contribution in [0, 0.1) is 6.92 Å². The molecule has 1 amide bonds. The van der Waals surface area contributed by atoms with Gasteiger partial charge in [0.2, 0.25) is 0 Å². The molecule has 0 saturated carbocycles. The number of rotatable bonds is 7. The van der Waals surface area contributed by atoms with E-state index in [2.05, 4.69) is 4.98 Å². The van der Waals surface area contributed by atoms with Gasteiger partial charge >= 0.3 is 0 Å². The van der Waals surface area contributed by atoms with Gasteiger partial charge in [0.1, 0.15) is 29.9 Å². The van der Waals surface area contributed by atoms with Crippen LogP contribution >= 0.6 is 0 Å². The summed E-state index contributed by atoms with van der Waals surface area (Å²) in [4.78, 5) is 32.4. The number of hydrogen-bond acceptors (Lipinski definition) is 6. The fourth-order valence-corrected chi connectivity index (χ4v) is 4.53. The van der Waals surface area contributed by atoms with E-state index in [0.717, 1.165) is 11.1 Å². The number of carbonyl (C=O) groups is 2. The minimum absolute atomic E-state index is 0.0335. The average Bonchev–Trinajstić information content (AvgIpc) is 3.23. The molecule has 7 heteroatoms. The van der Waals surface area contributed by atoms with Crippen molar-refractivity contribution in [1.82, 2.24) is 4.98 Å². The molecule has 0 bridgehead atoms. The first-order chi connectivity index (χ1) is 18.5. The molecule has 1 aromatic heterocycles. The van der Waals surface area contributed by atoms with Gasteiger partial charge < -0.3 is 14.6 Å². The molecule has 1 fully saturated rings. The monoisotopic (exact) mass is 506 g/mol. The third kappa shape index (κ3) is 4.74. The van der Waals surface area contributed by atoms with E-state index in [1.807, 2.05) is 37.3 Å². The molecule has 5 rings (SSSR count). The van der Waals surface area contributed by atoms with Gasteiger partial charge in [0.25, 0.3) is 11.7 Å². The van der Waals surface area contributed by atoms with Crippen LogP contribution in [0.15, 0.2) is 103 Å². The van der Waals surface area contributed by atoms with Crippen LogP contribution < -0.4 is 14.4 Å². The lowest BCUT2D eigenvalue weighted by molar-refractivity contribution is -0.132. The number of aliphatic hydroxyl groups is 1. The molecule has 0 spiro atoms. The predicted molar refractivity (Wildman–Crippen MR) is 144 cm³/mol. The molecule has 7 nitrogen and oxygen atoms in total. The fourth-order valence-electron chi connectivity index (χ4n) is 4.53. The van der Waals surface area contributed by atoms with E-state index in [4.69, 9.17) is 9.47 Å². The lowest BCUT2D eigenvalue weighted by Crippen LogP contribution is -2.29. The molecule has 4 aromatic rings. The minimum Gasteiger partial charge on any atom is -0.507 e. The highest BCUT2D eigenvalue weighted by Gasteiger charge is 2.47. The van der Waals surface area contributed by atoms with Gasteiger partial charge in [0, 0.05) is 23.5 Å². The first-order valence-corrected chi connectivity index (χ1v) is 12.1. The van der Waals surface area contributed by atoms with Crippen molar-refractivity contribution in [3.05, 3.63) is 125 Å². The number of aromatic nitrogens is 1. The van der Waals surface area contributed by atoms with Crippen molar-refractivity contribution in [2.75, 3.05) is 12.0 Å². The van der Waals surface area contributed by atoms with Crippen LogP contribution in [-0.4, -0.2) is 28.9 Å². The van der Waals surface area contributed by atoms with E-state index in [0.29, 0.717) is 35.1 Å². The summed E-state index contributed by atoms with van der Waals surface area (Å²) < 4.78 is 11.3. The Hall–Kier alpha value is -4.91. The van der Waals surface area contributed by atoms with Crippen molar-refractivity contribution in [2.24, 2.45) is 0 Å². The van der Waals surface area contributed by atoms with Crippen LogP contribution in [0.4, 0.5) is 5.69 Å². The number of Topliss-reactive ketones (excluding diaryl/α,β-unsaturated/α-hetero) is 1. The SMILES string of the molecule is COc1cccc(N2C(=O)C(=O)/C(=C(/O)c3ccc(OCc4ccccc4)c(C)c3)C2c2ccccn2)c1. The third-order valence-electron chi connectivity index (χ3n) is 6.43. The van der Waals surface area contributed by atoms with Gasteiger partial charge in [0.05, 0.1) is 18.4 Å². The highest BCUT2D eigenvalue weighted by Crippen LogP contribution is 2.42. The number of nitrogens with zero attached hydrogens (tertiary/aromatic N) is 2. The molecule has 2 heterocycles. The Morgan fingerprint density at radius 2 is 1.74 bits per heavy atom. The van der Waals surface area contributed by atoms with Crippen molar-refractivity contribution in [1.29, 1.82) is 0 Å². The third-order valence-corrected chi connectivity index (χ3v) is 6.43. The standard InChI is InChI=1S/C31H26N2O5/c1-20-17-22(14-15-26(20)38-19-21-9-4-3-5-10-21)29(34)27-28(25-13-6-7-16-32-25)33(31(36)30(27)35)23-11-8-12-24(18-23)37-2/h3-18,28,34H,19H2,1-2H3/b29-27+. The molecule has 1 saturated heterocycles. The van der Waals surface area contributed by atoms with Crippen LogP contribution in [0.25, 0.3) is 5.76 Å². The Morgan fingerprint density at radius 1 is 0.947 bits per heavy atom. The lowest BCUT2D eigenvalue weighted by Gasteiger charge is -2.25. The summed E-state index contributed by atoms with van der Waals surface area (Å²) >= 11 is 0. The smallest absolute Gasteiger partial charge is 0.300 e. The van der Waals surface area contributed by atoms with Crippen LogP contribution in [0.3, 0.4) is 0 Å². The molecule has 0 radical (unpaired) electrons. The summed E-state index contributed by atoms with van der Waals surface area (Å²) in [6, 6.07) is 26.2. The Kier molecular flexibility index (Phi) is 6.91. The maximum Gasteiger partial charge on any atom is 0.300 e. The second kappa shape index (κ2) is 10.6. The van der Waals surface area contributed by atoms with E-state index < -0.39 is 17.7 Å². The zero-order valence-electron chi connectivity index (χ0n) is 21.0. The Bertz CT molecular complexity index is 1520. The first kappa shape index (κ1) is 24.8. The van der Waals surface area contributed by atoms with Gasteiger partial charge in [-0.25, -0.2) is 0 Å². The normalized spacial score (nSPS) is 16.5. The summed E-state index contributed by atoms with van der Waals surface area (Å²) in [5.74, 6) is -0.630. The van der Waals surface area contributed by atoms with E-state index in [-0.39, 0.29) is 11.3 Å². The molecule has 1 aliphatic heterocycles. The average molecular weight is 507 g/mol. The maximum absolute atomic E-state index is 13.4. The quantitative estimate of drug-likeness (QED) is 0.199. The zero-order valence-corrected chi connectivity index (χ0v) is 21.0. The number of anilines is 1. The molecular weight excluding hydrogens is 480 g/mol. The zero-order chi connectivity index (χ0) is 26.6. The number of aliphatic hydroxyl groups excluding tert-OH is 1. The predicted octanol–water partition coefficient (Wildman–Crippen LogP) is 5.60. The van der Waals surface area contributed by atoms with Crippen molar-refractivity contribution >= 4 is 23.1 Å². The fraction of sp³-hybridized carbons (Fsp3) is 0.129. The van der Waals surface area contributed by atoms with E-state index >= 15 is 0 Å². The molecule has 1 unspecified atom stereocenters. The number of ketones is 1. The summed E-state index contributed by atoms with van der Waals surface area (Å²) in [7, 11) is 1.53. The van der Waals surface area contributed by atoms with Gasteiger partial charge in [-0.3, -0.25) is 19.5 Å². The van der Waals surface area contributed by atoms with Crippen LogP contribution in [-0.2, 0) is 16.2 Å². The number of methoxy groups -OCH3 is 1. The van der Waals surface area contributed by atoms with Crippen molar-refractivity contribution in [3.63, 3.8) is 0 Å². The molecule has 3 aromatic carbocycles. The molecule has 1 aliphatic rings. The van der Waals surface area contributed by atoms with Crippen LogP contribution in [0.5, 0.6) is 11.5 Å². The number of ether oxygens (including phenoxy) is 2. The number of benzene rings is 3. The van der Waals surface area contributed by atoms with Crippen LogP contribution in [0.1, 0.15) is 28.4 Å². The second-order valence-corrected chi connectivity index (χ2v) is 8.88. The van der Waals surface area contributed by atoms with Gasteiger partial charge in [-0.05, 0) is 60.5 Å². The minimum atomic E-state index is -0.919. The number of pyridine rings is 1. The Balaban J connectivity index is 1.55. The van der Waals surface area contributed by atoms with Crippen LogP contribution in [0.2, 0.25) is 0 Å². The number of carbonyl (C=O) groups excluding carboxylic acids is 2. The molecule has 38 heavy (non-hydrogen) atoms. The molecule has 190 valence electrons. The van der Waals surface area contributed by atoms with Crippen molar-refractivity contribution in [3.8, 4) is 11.5 Å². The summed E-state index contributed by atoms with van der Waals surface area (Å²) in [5, 5.41) is 11.4. The molecular formula is C31H26N2O5. The topological polar surface area (TPSA) is 89.0 Å². The van der Waals surface area contributed by atoms with Crippen molar-refractivity contribution in [2.45, 2.75) is 19.6 Å². The van der Waals surface area contributed by atoms with Gasteiger partial charge in [-0.15, -0.1) is 0 Å². The van der Waals surface area contributed by atoms with E-state index in [9.17, 15) is 14.7 Å². The highest BCUT2D eigenvalue weighted by molar-refractivity contribution is 6.51. The molecule has 0 aliphatic carbocycles. The molecule has 1 atom stereocenters. The van der Waals surface area contributed by atoms with Gasteiger partial charge in [-0.1, -0.05) is 42.5 Å². The lowest BCUT2D eigenvalue weighted by atomic mass is 9.97. The largest absolute Gasteiger partial charge is 0.507 e. The summed E-state index contributed by atoms with van der Waals surface area (Å²) in [5.41, 5.74) is 3.10. The highest BCUT2D eigenvalue weighted by atomic mass is 16.5.